The Bertz CT molecular complexity index is 923. The largest absolute Gasteiger partial charge is 0.350 e. The minimum absolute atomic E-state index is 0.0701. The summed E-state index contributed by atoms with van der Waals surface area (Å²) in [6.45, 7) is 0. The van der Waals surface area contributed by atoms with E-state index < -0.39 is 0 Å². The number of benzene rings is 2. The van der Waals surface area contributed by atoms with Gasteiger partial charge in [-0.15, -0.1) is 0 Å². The molecule has 0 radical (unpaired) electrons. The zero-order chi connectivity index (χ0) is 17.9. The van der Waals surface area contributed by atoms with Gasteiger partial charge < -0.3 is 10.6 Å². The number of carbonyl (C=O) groups excluding carboxylic acids is 2. The molecule has 2 amide bonds. The minimum atomic E-state index is -0.0750. The zero-order valence-corrected chi connectivity index (χ0v) is 14.4. The summed E-state index contributed by atoms with van der Waals surface area (Å²) in [5.41, 5.74) is 4.53. The predicted octanol–water partition coefficient (Wildman–Crippen LogP) is 3.56. The van der Waals surface area contributed by atoms with Crippen molar-refractivity contribution in [1.29, 1.82) is 0 Å². The molecule has 1 saturated carbocycles. The number of hydrogen-bond acceptors (Lipinski definition) is 2. The van der Waals surface area contributed by atoms with Crippen molar-refractivity contribution in [3.63, 3.8) is 0 Å². The maximum absolute atomic E-state index is 12.4. The predicted molar refractivity (Wildman–Crippen MR) is 103 cm³/mol. The molecule has 0 unspecified atom stereocenters. The van der Waals surface area contributed by atoms with Gasteiger partial charge in [-0.25, -0.2) is 0 Å². The summed E-state index contributed by atoms with van der Waals surface area (Å²) >= 11 is 0. The van der Waals surface area contributed by atoms with E-state index in [9.17, 15) is 9.59 Å². The van der Waals surface area contributed by atoms with Crippen LogP contribution in [0.25, 0.3) is 12.2 Å². The molecule has 0 bridgehead atoms. The third-order valence-electron chi connectivity index (χ3n) is 4.60. The van der Waals surface area contributed by atoms with E-state index in [0.717, 1.165) is 35.2 Å². The van der Waals surface area contributed by atoms with Gasteiger partial charge in [0.05, 0.1) is 0 Å². The Kier molecular flexibility index (Phi) is 4.40. The number of rotatable bonds is 4. The Hall–Kier alpha value is -3.14. The van der Waals surface area contributed by atoms with Crippen LogP contribution in [0, 0.1) is 0 Å². The number of carbonyl (C=O) groups is 2. The van der Waals surface area contributed by atoms with Crippen LogP contribution >= 0.6 is 0 Å². The molecular weight excluding hydrogens is 324 g/mol. The van der Waals surface area contributed by atoms with Gasteiger partial charge in [-0.05, 0) is 47.8 Å². The minimum Gasteiger partial charge on any atom is -0.350 e. The SMILES string of the molecule is O=C(/C=C/c1ccccc1C=C1Cc2ccccc2NC1=O)NC1CC1. The summed E-state index contributed by atoms with van der Waals surface area (Å²) in [5, 5.41) is 5.88. The molecule has 0 atom stereocenters. The monoisotopic (exact) mass is 344 g/mol. The second kappa shape index (κ2) is 7.00. The van der Waals surface area contributed by atoms with Gasteiger partial charge in [0.2, 0.25) is 5.91 Å². The lowest BCUT2D eigenvalue weighted by atomic mass is 9.95. The Morgan fingerprint density at radius 2 is 1.77 bits per heavy atom. The second-order valence-corrected chi connectivity index (χ2v) is 6.70. The van der Waals surface area contributed by atoms with Crippen molar-refractivity contribution in [2.24, 2.45) is 0 Å². The van der Waals surface area contributed by atoms with Crippen molar-refractivity contribution in [3.05, 3.63) is 76.9 Å². The molecule has 1 heterocycles. The lowest BCUT2D eigenvalue weighted by Gasteiger charge is -2.19. The van der Waals surface area contributed by atoms with E-state index in [0.29, 0.717) is 18.0 Å². The lowest BCUT2D eigenvalue weighted by molar-refractivity contribution is -0.116. The van der Waals surface area contributed by atoms with Gasteiger partial charge in [0, 0.05) is 29.8 Å². The molecule has 26 heavy (non-hydrogen) atoms. The number of para-hydroxylation sites is 1. The van der Waals surface area contributed by atoms with Crippen molar-refractivity contribution >= 4 is 29.7 Å². The molecule has 2 N–H and O–H groups in total. The first kappa shape index (κ1) is 16.3. The van der Waals surface area contributed by atoms with E-state index in [-0.39, 0.29) is 11.8 Å². The number of hydrogen-bond donors (Lipinski definition) is 2. The highest BCUT2D eigenvalue weighted by molar-refractivity contribution is 6.09. The molecule has 0 saturated heterocycles. The highest BCUT2D eigenvalue weighted by atomic mass is 16.2. The van der Waals surface area contributed by atoms with E-state index in [4.69, 9.17) is 0 Å². The maximum atomic E-state index is 12.4. The second-order valence-electron chi connectivity index (χ2n) is 6.70. The van der Waals surface area contributed by atoms with Crippen LogP contribution in [-0.2, 0) is 16.0 Å². The highest BCUT2D eigenvalue weighted by Gasteiger charge is 2.22. The van der Waals surface area contributed by atoms with E-state index >= 15 is 0 Å². The molecule has 2 aromatic rings. The Morgan fingerprint density at radius 3 is 2.58 bits per heavy atom. The van der Waals surface area contributed by atoms with E-state index in [1.54, 1.807) is 12.2 Å². The normalized spacial score (nSPS) is 17.8. The van der Waals surface area contributed by atoms with Crippen LogP contribution in [-0.4, -0.2) is 17.9 Å². The zero-order valence-electron chi connectivity index (χ0n) is 14.4. The van der Waals surface area contributed by atoms with Crippen LogP contribution in [0.4, 0.5) is 5.69 Å². The fourth-order valence-electron chi connectivity index (χ4n) is 3.03. The average Bonchev–Trinajstić information content (AvgIpc) is 3.45. The summed E-state index contributed by atoms with van der Waals surface area (Å²) in [6, 6.07) is 15.9. The quantitative estimate of drug-likeness (QED) is 0.833. The van der Waals surface area contributed by atoms with Crippen LogP contribution in [0.1, 0.15) is 29.5 Å². The summed E-state index contributed by atoms with van der Waals surface area (Å²) < 4.78 is 0. The highest BCUT2D eigenvalue weighted by Crippen LogP contribution is 2.27. The third-order valence-corrected chi connectivity index (χ3v) is 4.60. The third kappa shape index (κ3) is 3.75. The van der Waals surface area contributed by atoms with Gasteiger partial charge in [0.1, 0.15) is 0 Å². The molecule has 4 rings (SSSR count). The van der Waals surface area contributed by atoms with Crippen LogP contribution in [0.3, 0.4) is 0 Å². The summed E-state index contributed by atoms with van der Waals surface area (Å²) in [6.07, 6.45) is 8.01. The van der Waals surface area contributed by atoms with E-state index in [1.165, 1.54) is 0 Å². The number of fused-ring (bicyclic) bond motifs is 1. The lowest BCUT2D eigenvalue weighted by Crippen LogP contribution is -2.22. The van der Waals surface area contributed by atoms with Crippen LogP contribution < -0.4 is 10.6 Å². The van der Waals surface area contributed by atoms with Crippen LogP contribution in [0.2, 0.25) is 0 Å². The standard InChI is InChI=1S/C22H20N2O2/c25-21(23-19-10-11-19)12-9-15-5-1-2-6-16(15)13-18-14-17-7-3-4-8-20(17)24-22(18)26/h1-9,12-13,19H,10-11,14H2,(H,23,25)(H,24,26)/b12-9+,18-13?. The molecule has 1 aliphatic heterocycles. The fourth-order valence-corrected chi connectivity index (χ4v) is 3.03. The summed E-state index contributed by atoms with van der Waals surface area (Å²) in [5.74, 6) is -0.145. The summed E-state index contributed by atoms with van der Waals surface area (Å²) in [7, 11) is 0. The Balaban J connectivity index is 1.58. The van der Waals surface area contributed by atoms with Crippen molar-refractivity contribution in [2.75, 3.05) is 5.32 Å². The van der Waals surface area contributed by atoms with Crippen molar-refractivity contribution < 1.29 is 9.59 Å². The van der Waals surface area contributed by atoms with E-state index in [2.05, 4.69) is 10.6 Å². The smallest absolute Gasteiger partial charge is 0.251 e. The van der Waals surface area contributed by atoms with Crippen molar-refractivity contribution in [2.45, 2.75) is 25.3 Å². The molecule has 130 valence electrons. The first-order valence-corrected chi connectivity index (χ1v) is 8.86. The van der Waals surface area contributed by atoms with Crippen LogP contribution in [0.15, 0.2) is 60.2 Å². The van der Waals surface area contributed by atoms with Gasteiger partial charge in [0.15, 0.2) is 0 Å². The molecular formula is C22H20N2O2. The van der Waals surface area contributed by atoms with Gasteiger partial charge in [-0.1, -0.05) is 42.5 Å². The number of amides is 2. The molecule has 4 nitrogen and oxygen atoms in total. The molecule has 2 aliphatic rings. The van der Waals surface area contributed by atoms with E-state index in [1.807, 2.05) is 54.6 Å². The summed E-state index contributed by atoms with van der Waals surface area (Å²) in [4.78, 5) is 24.3. The number of anilines is 1. The van der Waals surface area contributed by atoms with Gasteiger partial charge in [0.25, 0.3) is 5.91 Å². The molecule has 0 spiro atoms. The number of nitrogens with one attached hydrogen (secondary N) is 2. The first-order chi connectivity index (χ1) is 12.7. The van der Waals surface area contributed by atoms with Gasteiger partial charge in [-0.3, -0.25) is 9.59 Å². The van der Waals surface area contributed by atoms with Gasteiger partial charge >= 0.3 is 0 Å². The van der Waals surface area contributed by atoms with Crippen molar-refractivity contribution in [1.82, 2.24) is 5.32 Å². The maximum Gasteiger partial charge on any atom is 0.251 e. The van der Waals surface area contributed by atoms with Crippen molar-refractivity contribution in [3.8, 4) is 0 Å². The molecule has 0 aromatic heterocycles. The topological polar surface area (TPSA) is 58.2 Å². The molecule has 4 heteroatoms. The average molecular weight is 344 g/mol. The molecule has 2 aromatic carbocycles. The first-order valence-electron chi connectivity index (χ1n) is 8.86. The molecule has 1 fully saturated rings. The van der Waals surface area contributed by atoms with Gasteiger partial charge in [-0.2, -0.15) is 0 Å². The Morgan fingerprint density at radius 1 is 1.04 bits per heavy atom. The Labute approximate surface area is 152 Å². The fraction of sp³-hybridized carbons (Fsp3) is 0.182. The van der Waals surface area contributed by atoms with Crippen LogP contribution in [0.5, 0.6) is 0 Å². The molecule has 1 aliphatic carbocycles.